The molecule has 240 valence electrons. The van der Waals surface area contributed by atoms with Crippen LogP contribution in [0.1, 0.15) is 29.2 Å². The molecule has 0 fully saturated rings. The summed E-state index contributed by atoms with van der Waals surface area (Å²) in [6.45, 7) is 4.31. The fourth-order valence-corrected chi connectivity index (χ4v) is 11.5. The molecule has 0 aliphatic carbocycles. The average Bonchev–Trinajstić information content (AvgIpc) is 3.90. The van der Waals surface area contributed by atoms with Crippen LogP contribution in [0.3, 0.4) is 0 Å². The van der Waals surface area contributed by atoms with Gasteiger partial charge in [0.1, 0.15) is 0 Å². The van der Waals surface area contributed by atoms with Crippen LogP contribution in [0.5, 0.6) is 0 Å². The number of aliphatic carboxylic acids is 2. The van der Waals surface area contributed by atoms with Crippen LogP contribution in [0.25, 0.3) is 59.9 Å². The summed E-state index contributed by atoms with van der Waals surface area (Å²) in [5, 5.41) is 19.0. The highest BCUT2D eigenvalue weighted by Gasteiger charge is 2.20. The highest BCUT2D eigenvalue weighted by atomic mass is 32.1. The van der Waals surface area contributed by atoms with Crippen molar-refractivity contribution in [1.82, 2.24) is 0 Å². The molecule has 2 N–H and O–H groups in total. The molecule has 5 aromatic heterocycles. The summed E-state index contributed by atoms with van der Waals surface area (Å²) in [6.07, 6.45) is 0.990. The van der Waals surface area contributed by atoms with Crippen molar-refractivity contribution < 1.29 is 19.8 Å². The van der Waals surface area contributed by atoms with Crippen molar-refractivity contribution in [2.24, 2.45) is 0 Å². The van der Waals surface area contributed by atoms with Crippen LogP contribution in [0, 0.1) is 6.92 Å². The summed E-state index contributed by atoms with van der Waals surface area (Å²) in [7, 11) is 0. The van der Waals surface area contributed by atoms with Crippen molar-refractivity contribution in [3.8, 4) is 59.9 Å². The first-order chi connectivity index (χ1) is 23.2. The minimum absolute atomic E-state index is 0.00990. The first-order valence-electron chi connectivity index (χ1n) is 15.4. The van der Waals surface area contributed by atoms with Gasteiger partial charge in [0, 0.05) is 48.8 Å². The molecule has 0 radical (unpaired) electrons. The van der Waals surface area contributed by atoms with Gasteiger partial charge in [-0.15, -0.1) is 56.7 Å². The van der Waals surface area contributed by atoms with Gasteiger partial charge in [-0.2, -0.15) is 0 Å². The molecule has 0 amide bonds. The molecule has 2 aromatic carbocycles. The van der Waals surface area contributed by atoms with E-state index in [-0.39, 0.29) is 12.8 Å². The summed E-state index contributed by atoms with van der Waals surface area (Å²) in [5.41, 5.74) is 6.40. The topological polar surface area (TPSA) is 74.6 Å². The number of aryl methyl sites for hydroxylation is 2. The lowest BCUT2D eigenvalue weighted by Gasteiger charge is -2.01. The molecule has 7 rings (SSSR count). The van der Waals surface area contributed by atoms with Gasteiger partial charge in [-0.1, -0.05) is 49.4 Å². The molecule has 5 heterocycles. The Kier molecular flexibility index (Phi) is 9.31. The second-order valence-corrected chi connectivity index (χ2v) is 16.8. The molecule has 48 heavy (non-hydrogen) atoms. The largest absolute Gasteiger partial charge is 0.481 e. The van der Waals surface area contributed by atoms with E-state index in [4.69, 9.17) is 0 Å². The van der Waals surface area contributed by atoms with Crippen molar-refractivity contribution in [1.29, 1.82) is 0 Å². The van der Waals surface area contributed by atoms with E-state index < -0.39 is 11.9 Å². The summed E-state index contributed by atoms with van der Waals surface area (Å²) in [4.78, 5) is 34.5. The SMILES string of the molecule is CCc1cccc(-c2ccc(-c3cc(CC(=O)O)c(-c4ccc(-c5sc(-c6ccc(-c7cccc(CC(=O)O)c7)s6)cc5C)s4)s3)s2)c1. The van der Waals surface area contributed by atoms with Crippen LogP contribution in [-0.2, 0) is 28.9 Å². The Morgan fingerprint density at radius 1 is 0.521 bits per heavy atom. The fourth-order valence-electron chi connectivity index (χ4n) is 5.69. The first-order valence-corrected chi connectivity index (χ1v) is 19.5. The van der Waals surface area contributed by atoms with Gasteiger partial charge in [-0.25, -0.2) is 0 Å². The third kappa shape index (κ3) is 6.88. The Balaban J connectivity index is 1.16. The Labute approximate surface area is 298 Å². The molecule has 0 aliphatic heterocycles. The van der Waals surface area contributed by atoms with E-state index in [1.54, 1.807) is 56.7 Å². The molecule has 0 saturated carbocycles. The Hall–Kier alpha value is -4.12. The van der Waals surface area contributed by atoms with Crippen molar-refractivity contribution in [3.63, 3.8) is 0 Å². The van der Waals surface area contributed by atoms with Crippen molar-refractivity contribution in [3.05, 3.63) is 119 Å². The number of benzene rings is 2. The number of carboxylic acid groups (broad SMARTS) is 2. The maximum Gasteiger partial charge on any atom is 0.307 e. The predicted molar refractivity (Wildman–Crippen MR) is 205 cm³/mol. The lowest BCUT2D eigenvalue weighted by molar-refractivity contribution is -0.137. The molecule has 0 atom stereocenters. The van der Waals surface area contributed by atoms with Crippen LogP contribution in [-0.4, -0.2) is 22.2 Å². The number of hydrogen-bond donors (Lipinski definition) is 2. The van der Waals surface area contributed by atoms with Crippen LogP contribution in [0.4, 0.5) is 0 Å². The predicted octanol–water partition coefficient (Wildman–Crippen LogP) is 12.1. The zero-order valence-electron chi connectivity index (χ0n) is 26.1. The van der Waals surface area contributed by atoms with E-state index >= 15 is 0 Å². The monoisotopic (exact) mass is 722 g/mol. The number of rotatable bonds is 11. The first kappa shape index (κ1) is 32.4. The van der Waals surface area contributed by atoms with E-state index in [0.717, 1.165) is 47.5 Å². The van der Waals surface area contributed by atoms with Crippen LogP contribution < -0.4 is 0 Å². The minimum atomic E-state index is -0.833. The molecule has 0 saturated heterocycles. The van der Waals surface area contributed by atoms with Crippen molar-refractivity contribution >= 4 is 68.6 Å². The summed E-state index contributed by atoms with van der Waals surface area (Å²) in [5.74, 6) is -1.66. The van der Waals surface area contributed by atoms with Gasteiger partial charge in [0.2, 0.25) is 0 Å². The quantitative estimate of drug-likeness (QED) is 0.139. The molecule has 0 aliphatic rings. The Morgan fingerprint density at radius 3 is 1.65 bits per heavy atom. The maximum atomic E-state index is 11.9. The van der Waals surface area contributed by atoms with Gasteiger partial charge < -0.3 is 10.2 Å². The van der Waals surface area contributed by atoms with Crippen LogP contribution >= 0.6 is 56.7 Å². The van der Waals surface area contributed by atoms with Gasteiger partial charge in [-0.3, -0.25) is 9.59 Å². The lowest BCUT2D eigenvalue weighted by atomic mass is 10.1. The zero-order valence-corrected chi connectivity index (χ0v) is 30.2. The summed E-state index contributed by atoms with van der Waals surface area (Å²) in [6, 6.07) is 33.5. The highest BCUT2D eigenvalue weighted by molar-refractivity contribution is 7.30. The number of carboxylic acids is 2. The van der Waals surface area contributed by atoms with Gasteiger partial charge in [-0.05, 0) is 101 Å². The van der Waals surface area contributed by atoms with Crippen LogP contribution in [0.15, 0.2) is 97.1 Å². The third-order valence-corrected chi connectivity index (χ3v) is 14.5. The third-order valence-electron chi connectivity index (χ3n) is 8.01. The fraction of sp³-hybridized carbons (Fsp3) is 0.128. The van der Waals surface area contributed by atoms with Gasteiger partial charge in [0.15, 0.2) is 0 Å². The second-order valence-electron chi connectivity index (χ2n) is 11.5. The maximum absolute atomic E-state index is 11.9. The summed E-state index contributed by atoms with van der Waals surface area (Å²) >= 11 is 8.61. The number of thiophene rings is 5. The highest BCUT2D eigenvalue weighted by Crippen LogP contribution is 2.48. The van der Waals surface area contributed by atoms with E-state index in [1.165, 1.54) is 41.1 Å². The molecule has 0 bridgehead atoms. The lowest BCUT2D eigenvalue weighted by Crippen LogP contribution is -1.99. The minimum Gasteiger partial charge on any atom is -0.481 e. The summed E-state index contributed by atoms with van der Waals surface area (Å²) < 4.78 is 0. The molecule has 0 unspecified atom stereocenters. The smallest absolute Gasteiger partial charge is 0.307 e. The Morgan fingerprint density at radius 2 is 1.02 bits per heavy atom. The van der Waals surface area contributed by atoms with E-state index in [1.807, 2.05) is 24.3 Å². The molecule has 7 aromatic rings. The molecule has 4 nitrogen and oxygen atoms in total. The van der Waals surface area contributed by atoms with Gasteiger partial charge in [0.05, 0.1) is 12.8 Å². The van der Waals surface area contributed by atoms with Gasteiger partial charge >= 0.3 is 11.9 Å². The number of carbonyl (C=O) groups is 2. The average molecular weight is 723 g/mol. The normalized spacial score (nSPS) is 11.3. The molecular weight excluding hydrogens is 693 g/mol. The molecule has 9 heteroatoms. The van der Waals surface area contributed by atoms with Crippen molar-refractivity contribution in [2.45, 2.75) is 33.1 Å². The van der Waals surface area contributed by atoms with E-state index in [0.29, 0.717) is 0 Å². The zero-order chi connectivity index (χ0) is 33.4. The van der Waals surface area contributed by atoms with E-state index in [9.17, 15) is 19.8 Å². The standard InChI is InChI=1S/C39H30O4S5/c1-3-23-6-4-8-25(17-23)28-11-13-31(45-28)35-20-27(21-37(42)43)39(48-35)33-15-14-32(46-33)38-22(2)16-34(47-38)30-12-10-29(44-30)26-9-5-7-24(18-26)19-36(40)41/h4-18,20H,3,19,21H2,1-2H3,(H,40,41)(H,42,43). The Bertz CT molecular complexity index is 2270. The second kappa shape index (κ2) is 13.8. The van der Waals surface area contributed by atoms with Gasteiger partial charge in [0.25, 0.3) is 0 Å². The number of hydrogen-bond acceptors (Lipinski definition) is 7. The molecular formula is C39H30O4S5. The molecule has 0 spiro atoms. The van der Waals surface area contributed by atoms with Crippen molar-refractivity contribution in [2.75, 3.05) is 0 Å². The van der Waals surface area contributed by atoms with E-state index in [2.05, 4.69) is 86.6 Å². The van der Waals surface area contributed by atoms with Crippen LogP contribution in [0.2, 0.25) is 0 Å².